The summed E-state index contributed by atoms with van der Waals surface area (Å²) in [7, 11) is 3.88. The topological polar surface area (TPSA) is 9.23 Å². The summed E-state index contributed by atoms with van der Waals surface area (Å²) in [5.74, 6) is 1.31. The van der Waals surface area contributed by atoms with Crippen LogP contribution in [0, 0.1) is 11.8 Å². The molecule has 0 aromatic carbocycles. The molecule has 0 rings (SSSR count). The van der Waals surface area contributed by atoms with Gasteiger partial charge in [0, 0.05) is 15.6 Å². The van der Waals surface area contributed by atoms with Crippen molar-refractivity contribution in [2.24, 2.45) is 11.8 Å². The quantitative estimate of drug-likeness (QED) is 0.552. The van der Waals surface area contributed by atoms with Crippen molar-refractivity contribution in [1.29, 1.82) is 0 Å². The summed E-state index contributed by atoms with van der Waals surface area (Å²) in [6.07, 6.45) is 1.21. The van der Waals surface area contributed by atoms with Gasteiger partial charge in [0.1, 0.15) is 0 Å². The molecule has 0 aliphatic carbocycles. The van der Waals surface area contributed by atoms with E-state index >= 15 is 0 Å². The summed E-state index contributed by atoms with van der Waals surface area (Å²) in [6, 6.07) is 0. The molecular formula is C9H22I2OV. The van der Waals surface area contributed by atoms with Crippen LogP contribution in [0.5, 0.6) is 0 Å². The zero-order valence-electron chi connectivity index (χ0n) is 10.2. The van der Waals surface area contributed by atoms with Gasteiger partial charge in [0.25, 0.3) is 0 Å². The number of ether oxygens (including phenoxy) is 1. The Labute approximate surface area is 114 Å². The van der Waals surface area contributed by atoms with Gasteiger partial charge in [0.05, 0.1) is 0 Å². The van der Waals surface area contributed by atoms with E-state index < -0.39 is 0 Å². The summed E-state index contributed by atoms with van der Waals surface area (Å²) in [6.45, 7) is 7.10. The Hall–Kier alpha value is 2.00. The Morgan fingerprint density at radius 2 is 1.69 bits per heavy atom. The van der Waals surface area contributed by atoms with Crippen molar-refractivity contribution >= 4 is 40.0 Å². The van der Waals surface area contributed by atoms with Gasteiger partial charge in [-0.2, -0.15) is 0 Å². The van der Waals surface area contributed by atoms with Crippen molar-refractivity contribution < 1.29 is 15.6 Å². The van der Waals surface area contributed by atoms with Crippen LogP contribution in [0.2, 0.25) is 0 Å². The van der Waals surface area contributed by atoms with Gasteiger partial charge in [-0.25, -0.2) is 0 Å². The van der Waals surface area contributed by atoms with Gasteiger partial charge in [0.15, 0.2) is 0 Å². The van der Waals surface area contributed by atoms with Crippen molar-refractivity contribution in [2.45, 2.75) is 34.1 Å². The molecule has 0 heterocycles. The van der Waals surface area contributed by atoms with E-state index in [0.717, 1.165) is 5.92 Å². The van der Waals surface area contributed by atoms with E-state index in [4.69, 9.17) is 1.37 Å². The van der Waals surface area contributed by atoms with Crippen LogP contribution in [0.4, 0.5) is 0 Å². The van der Waals surface area contributed by atoms with E-state index in [1.54, 1.807) is 14.2 Å². The second kappa shape index (κ2) is 19.6. The molecule has 2 unspecified atom stereocenters. The third-order valence-electron chi connectivity index (χ3n) is 1.62. The average Bonchev–Trinajstić information content (AvgIpc) is 2.18. The normalized spacial score (nSPS) is 13.6. The monoisotopic (exact) mass is 452 g/mol. The molecule has 0 radical (unpaired) electrons. The number of rotatable bonds is 2. The summed E-state index contributed by atoms with van der Waals surface area (Å²) in [5, 5.41) is 0. The van der Waals surface area contributed by atoms with E-state index in [1.165, 1.54) is 6.42 Å². The maximum absolute atomic E-state index is 7.04. The fraction of sp³-hybridized carbons (Fsp3) is 1.00. The van der Waals surface area contributed by atoms with Crippen molar-refractivity contribution in [1.82, 2.24) is 0 Å². The van der Waals surface area contributed by atoms with E-state index in [2.05, 4.69) is 65.5 Å². The molecule has 0 bridgehead atoms. The number of halogens is 2. The minimum atomic E-state index is 0.578. The zero-order valence-corrected chi connectivity index (χ0v) is 14.9. The van der Waals surface area contributed by atoms with Crippen molar-refractivity contribution in [3.05, 3.63) is 0 Å². The fourth-order valence-corrected chi connectivity index (χ4v) is 0.402. The SMILES string of the molecule is COC.[2H]CC(C)C(C)CC.[I][V][I]. The molecule has 13 heavy (non-hydrogen) atoms. The van der Waals surface area contributed by atoms with Crippen LogP contribution >= 0.6 is 40.0 Å². The zero-order chi connectivity index (χ0) is 12.0. The molecule has 0 aromatic heterocycles. The van der Waals surface area contributed by atoms with Crippen molar-refractivity contribution in [2.75, 3.05) is 14.2 Å². The van der Waals surface area contributed by atoms with Crippen molar-refractivity contribution in [3.8, 4) is 0 Å². The fourth-order valence-electron chi connectivity index (χ4n) is 0.402. The molecule has 4 heteroatoms. The first kappa shape index (κ1) is 17.4. The van der Waals surface area contributed by atoms with Gasteiger partial charge >= 0.3 is 49.4 Å². The second-order valence-electron chi connectivity index (χ2n) is 2.83. The number of hydrogen-bond acceptors (Lipinski definition) is 1. The molecular weight excluding hydrogens is 429 g/mol. The molecule has 83 valence electrons. The molecule has 0 amide bonds. The van der Waals surface area contributed by atoms with E-state index in [9.17, 15) is 0 Å². The average molecular weight is 452 g/mol. The third-order valence-corrected chi connectivity index (χ3v) is 1.62. The number of hydrogen-bond donors (Lipinski definition) is 0. The van der Waals surface area contributed by atoms with Crippen LogP contribution in [-0.4, -0.2) is 14.2 Å². The van der Waals surface area contributed by atoms with E-state index in [0.29, 0.717) is 22.3 Å². The first-order valence-electron chi connectivity index (χ1n) is 4.87. The summed E-state index contributed by atoms with van der Waals surface area (Å²) in [5.41, 5.74) is 0. The van der Waals surface area contributed by atoms with Gasteiger partial charge in [-0.3, -0.25) is 0 Å². The molecule has 0 N–H and O–H groups in total. The summed E-state index contributed by atoms with van der Waals surface area (Å²) in [4.78, 5) is 0. The predicted octanol–water partition coefficient (Wildman–Crippen LogP) is 4.72. The van der Waals surface area contributed by atoms with Gasteiger partial charge in [-0.1, -0.05) is 34.1 Å². The molecule has 2 atom stereocenters. The van der Waals surface area contributed by atoms with Gasteiger partial charge in [0.2, 0.25) is 0 Å². The van der Waals surface area contributed by atoms with E-state index in [1.807, 2.05) is 0 Å². The van der Waals surface area contributed by atoms with Gasteiger partial charge < -0.3 is 4.74 Å². The standard InChI is InChI=1S/C7H16.C2H6O.2HI.V/c1-5-7(4)6(2)3;1-3-2;;;/h6-7H,5H2,1-4H3;1-2H3;2*1H;/q;;;;+2/p-2/i2D;;;;. The Morgan fingerprint density at radius 3 is 1.77 bits per heavy atom. The van der Waals surface area contributed by atoms with Crippen LogP contribution in [-0.2, 0) is 14.2 Å². The maximum atomic E-state index is 7.04. The van der Waals surface area contributed by atoms with Crippen LogP contribution < -0.4 is 0 Å². The number of methoxy groups -OCH3 is 1. The molecule has 0 aromatic rings. The summed E-state index contributed by atoms with van der Waals surface area (Å²) >= 11 is 4.74. The van der Waals surface area contributed by atoms with Gasteiger partial charge in [-0.05, 0) is 11.8 Å². The Morgan fingerprint density at radius 1 is 1.38 bits per heavy atom. The molecule has 0 saturated carbocycles. The van der Waals surface area contributed by atoms with Gasteiger partial charge in [-0.15, -0.1) is 0 Å². The Kier molecular flexibility index (Phi) is 26.2. The Bertz CT molecular complexity index is 79.2. The van der Waals surface area contributed by atoms with Crippen LogP contribution in [0.25, 0.3) is 0 Å². The van der Waals surface area contributed by atoms with Crippen molar-refractivity contribution in [3.63, 3.8) is 0 Å². The van der Waals surface area contributed by atoms with Crippen LogP contribution in [0.15, 0.2) is 0 Å². The second-order valence-corrected chi connectivity index (χ2v) is 14.6. The molecule has 0 saturated heterocycles. The molecule has 0 aliphatic rings. The van der Waals surface area contributed by atoms with Crippen LogP contribution in [0.1, 0.15) is 35.5 Å². The Balaban J connectivity index is -0.000000168. The molecule has 0 spiro atoms. The minimum absolute atomic E-state index is 0.578. The molecule has 0 aliphatic heterocycles. The first-order valence-corrected chi connectivity index (χ1v) is 13.2. The molecule has 1 nitrogen and oxygen atoms in total. The predicted molar refractivity (Wildman–Crippen MR) is 75.3 cm³/mol. The van der Waals surface area contributed by atoms with Crippen LogP contribution in [0.3, 0.4) is 0 Å². The summed E-state index contributed by atoms with van der Waals surface area (Å²) < 4.78 is 11.3. The first-order chi connectivity index (χ1) is 6.55. The third kappa shape index (κ3) is 31.5. The van der Waals surface area contributed by atoms with E-state index in [-0.39, 0.29) is 0 Å². The molecule has 0 fully saturated rings.